The number of rotatable bonds is 5. The largest absolute Gasteiger partial charge is 0.455 e. The summed E-state index contributed by atoms with van der Waals surface area (Å²) in [5, 5.41) is 8.07. The van der Waals surface area contributed by atoms with Gasteiger partial charge in [0.15, 0.2) is 5.84 Å². The Labute approximate surface area is 288 Å². The Morgan fingerprint density at radius 3 is 1.90 bits per heavy atom. The molecule has 50 heavy (non-hydrogen) atoms. The Hall–Kier alpha value is -6.72. The zero-order chi connectivity index (χ0) is 33.0. The van der Waals surface area contributed by atoms with Crippen LogP contribution in [0.3, 0.4) is 0 Å². The molecule has 0 aliphatic carbocycles. The summed E-state index contributed by atoms with van der Waals surface area (Å²) in [4.78, 5) is 10.3. The van der Waals surface area contributed by atoms with E-state index in [9.17, 15) is 0 Å². The van der Waals surface area contributed by atoms with Crippen LogP contribution in [0.5, 0.6) is 0 Å². The normalized spacial score (nSPS) is 14.6. The van der Waals surface area contributed by atoms with Crippen molar-refractivity contribution < 1.29 is 4.42 Å². The first-order valence-corrected chi connectivity index (χ1v) is 16.9. The maximum atomic E-state index is 6.81. The molecule has 0 bridgehead atoms. The first-order chi connectivity index (χ1) is 24.8. The van der Waals surface area contributed by atoms with Crippen molar-refractivity contribution in [3.05, 3.63) is 187 Å². The van der Waals surface area contributed by atoms with Crippen molar-refractivity contribution >= 4 is 55.4 Å². The molecule has 236 valence electrons. The smallest absolute Gasteiger partial charge is 0.160 e. The van der Waals surface area contributed by atoms with Gasteiger partial charge in [0.1, 0.15) is 23.2 Å². The van der Waals surface area contributed by atoms with Gasteiger partial charge in [0.2, 0.25) is 0 Å². The minimum Gasteiger partial charge on any atom is -0.455 e. The second-order valence-electron chi connectivity index (χ2n) is 12.6. The predicted molar refractivity (Wildman–Crippen MR) is 205 cm³/mol. The number of hydrogen-bond acceptors (Lipinski definition) is 4. The molecule has 5 heteroatoms. The van der Waals surface area contributed by atoms with Crippen LogP contribution in [0.25, 0.3) is 60.6 Å². The van der Waals surface area contributed by atoms with Gasteiger partial charge in [-0.25, -0.2) is 9.98 Å². The zero-order valence-electron chi connectivity index (χ0n) is 27.0. The van der Waals surface area contributed by atoms with Gasteiger partial charge in [-0.1, -0.05) is 146 Å². The minimum atomic E-state index is -0.291. The van der Waals surface area contributed by atoms with E-state index in [1.165, 1.54) is 21.8 Å². The molecule has 1 atom stereocenters. The van der Waals surface area contributed by atoms with Crippen LogP contribution in [0.15, 0.2) is 184 Å². The zero-order valence-corrected chi connectivity index (χ0v) is 27.0. The Kier molecular flexibility index (Phi) is 6.49. The van der Waals surface area contributed by atoms with Crippen molar-refractivity contribution in [2.45, 2.75) is 6.17 Å². The van der Waals surface area contributed by atoms with Gasteiger partial charge in [0, 0.05) is 43.8 Å². The van der Waals surface area contributed by atoms with Crippen molar-refractivity contribution in [3.8, 4) is 16.8 Å². The van der Waals surface area contributed by atoms with E-state index < -0.39 is 0 Å². The van der Waals surface area contributed by atoms with Crippen LogP contribution >= 0.6 is 0 Å². The quantitative estimate of drug-likeness (QED) is 0.203. The van der Waals surface area contributed by atoms with Crippen molar-refractivity contribution in [1.82, 2.24) is 9.88 Å². The monoisotopic (exact) mass is 642 g/mol. The van der Waals surface area contributed by atoms with Gasteiger partial charge < -0.3 is 14.3 Å². The number of nitrogens with zero attached hydrogens (tertiary/aromatic N) is 3. The van der Waals surface area contributed by atoms with Gasteiger partial charge in [0.05, 0.1) is 16.7 Å². The molecule has 0 saturated heterocycles. The lowest BCUT2D eigenvalue weighted by Gasteiger charge is -2.23. The highest BCUT2D eigenvalue weighted by Crippen LogP contribution is 2.42. The second-order valence-corrected chi connectivity index (χ2v) is 12.6. The summed E-state index contributed by atoms with van der Waals surface area (Å²) in [5.74, 6) is 1.45. The highest BCUT2D eigenvalue weighted by molar-refractivity contribution is 6.23. The Morgan fingerprint density at radius 2 is 1.12 bits per heavy atom. The predicted octanol–water partition coefficient (Wildman–Crippen LogP) is 10.8. The van der Waals surface area contributed by atoms with Crippen molar-refractivity contribution in [3.63, 3.8) is 0 Å². The van der Waals surface area contributed by atoms with E-state index in [1.54, 1.807) is 0 Å². The summed E-state index contributed by atoms with van der Waals surface area (Å²) in [7, 11) is 0. The molecule has 3 heterocycles. The molecule has 0 spiro atoms. The van der Waals surface area contributed by atoms with Crippen LogP contribution in [0.4, 0.5) is 0 Å². The molecule has 0 amide bonds. The molecule has 5 nitrogen and oxygen atoms in total. The summed E-state index contributed by atoms with van der Waals surface area (Å²) in [6, 6.07) is 59.0. The van der Waals surface area contributed by atoms with Gasteiger partial charge in [-0.05, 0) is 29.8 Å². The maximum Gasteiger partial charge on any atom is 0.160 e. The van der Waals surface area contributed by atoms with Crippen LogP contribution in [-0.2, 0) is 0 Å². The van der Waals surface area contributed by atoms with E-state index >= 15 is 0 Å². The number of para-hydroxylation sites is 4. The Morgan fingerprint density at radius 1 is 0.520 bits per heavy atom. The summed E-state index contributed by atoms with van der Waals surface area (Å²) in [6.45, 7) is 0. The fourth-order valence-corrected chi connectivity index (χ4v) is 7.44. The molecule has 1 unspecified atom stereocenters. The molecular formula is C45H30N4O. The van der Waals surface area contributed by atoms with Crippen molar-refractivity contribution in [2.75, 3.05) is 0 Å². The Balaban J connectivity index is 1.19. The standard InChI is InChI=1S/C45H30N4O/c1-3-15-29(16-4-1)43-46-44(30-17-5-2-6-18-30)48-45(47-43)36-24-14-28-40-41(36)35-23-13-22-34(42(35)50-40)33-21-9-12-27-39(33)49-37-25-10-7-19-31(37)32-20-8-11-26-38(32)49/h1-28,43H,(H,46,47,48). The van der Waals surface area contributed by atoms with Crippen LogP contribution < -0.4 is 5.32 Å². The Bertz CT molecular complexity index is 2740. The lowest BCUT2D eigenvalue weighted by molar-refractivity contribution is 0.669. The molecule has 1 N–H and O–H groups in total. The van der Waals surface area contributed by atoms with Crippen LogP contribution in [0.1, 0.15) is 22.9 Å². The number of aromatic nitrogens is 1. The average Bonchev–Trinajstić information content (AvgIpc) is 3.75. The van der Waals surface area contributed by atoms with E-state index in [1.807, 2.05) is 48.5 Å². The number of hydrogen-bond donors (Lipinski definition) is 1. The van der Waals surface area contributed by atoms with E-state index in [-0.39, 0.29) is 6.17 Å². The highest BCUT2D eigenvalue weighted by Gasteiger charge is 2.25. The molecule has 9 aromatic rings. The number of furan rings is 1. The van der Waals surface area contributed by atoms with Crippen LogP contribution in [0, 0.1) is 0 Å². The van der Waals surface area contributed by atoms with Crippen LogP contribution in [0.2, 0.25) is 0 Å². The topological polar surface area (TPSA) is 54.8 Å². The first-order valence-electron chi connectivity index (χ1n) is 16.9. The van der Waals surface area contributed by atoms with Crippen molar-refractivity contribution in [1.29, 1.82) is 0 Å². The third-order valence-corrected chi connectivity index (χ3v) is 9.68. The SMILES string of the molecule is c1ccc(C2=NC(c3cccc4oc5c(-c6ccccc6-n6c7ccccc7c7ccccc76)cccc5c34)=NC(c3ccccc3)N2)cc1. The maximum absolute atomic E-state index is 6.81. The lowest BCUT2D eigenvalue weighted by atomic mass is 9.98. The number of amidine groups is 2. The molecule has 1 aliphatic heterocycles. The highest BCUT2D eigenvalue weighted by atomic mass is 16.3. The first kappa shape index (κ1) is 28.3. The van der Waals surface area contributed by atoms with E-state index in [2.05, 4.69) is 131 Å². The van der Waals surface area contributed by atoms with E-state index in [4.69, 9.17) is 14.4 Å². The number of benzene rings is 7. The second kappa shape index (κ2) is 11.5. The number of aliphatic imine (C=N–C) groups is 2. The van der Waals surface area contributed by atoms with Gasteiger partial charge in [-0.15, -0.1) is 0 Å². The van der Waals surface area contributed by atoms with Gasteiger partial charge >= 0.3 is 0 Å². The molecular weight excluding hydrogens is 613 g/mol. The van der Waals surface area contributed by atoms with Gasteiger partial charge in [-0.3, -0.25) is 0 Å². The summed E-state index contributed by atoms with van der Waals surface area (Å²) >= 11 is 0. The van der Waals surface area contributed by atoms with Crippen molar-refractivity contribution in [2.24, 2.45) is 9.98 Å². The average molecular weight is 643 g/mol. The molecule has 1 aliphatic rings. The summed E-state index contributed by atoms with van der Waals surface area (Å²) < 4.78 is 9.19. The molecule has 0 radical (unpaired) electrons. The number of nitrogens with one attached hydrogen (secondary N) is 1. The fourth-order valence-electron chi connectivity index (χ4n) is 7.44. The summed E-state index contributed by atoms with van der Waals surface area (Å²) in [6.07, 6.45) is -0.291. The van der Waals surface area contributed by atoms with E-state index in [0.717, 1.165) is 61.3 Å². The van der Waals surface area contributed by atoms with Gasteiger partial charge in [-0.2, -0.15) is 0 Å². The molecule has 7 aromatic carbocycles. The van der Waals surface area contributed by atoms with Gasteiger partial charge in [0.25, 0.3) is 0 Å². The van der Waals surface area contributed by atoms with Crippen LogP contribution in [-0.4, -0.2) is 16.2 Å². The number of fused-ring (bicyclic) bond motifs is 6. The molecule has 0 saturated carbocycles. The minimum absolute atomic E-state index is 0.291. The third kappa shape index (κ3) is 4.48. The molecule has 2 aromatic heterocycles. The van der Waals surface area contributed by atoms with E-state index in [0.29, 0.717) is 5.84 Å². The lowest BCUT2D eigenvalue weighted by Crippen LogP contribution is -2.33. The molecule has 10 rings (SSSR count). The third-order valence-electron chi connectivity index (χ3n) is 9.68. The summed E-state index contributed by atoms with van der Waals surface area (Å²) in [5.41, 5.74) is 10.2. The fraction of sp³-hybridized carbons (Fsp3) is 0.0222. The molecule has 0 fully saturated rings.